The van der Waals surface area contributed by atoms with Gasteiger partial charge in [0.05, 0.1) is 31.0 Å². The number of ether oxygens (including phenoxy) is 1. The molecule has 0 spiro atoms. The van der Waals surface area contributed by atoms with Gasteiger partial charge in [0.25, 0.3) is 0 Å². The molecule has 2 amide bonds. The normalized spacial score (nSPS) is 17.3. The lowest BCUT2D eigenvalue weighted by atomic mass is 10.0. The molecule has 0 N–H and O–H groups in total. The molecule has 1 atom stereocenters. The first-order valence-corrected chi connectivity index (χ1v) is 11.1. The van der Waals surface area contributed by atoms with E-state index >= 15 is 0 Å². The van der Waals surface area contributed by atoms with Gasteiger partial charge in [-0.2, -0.15) is 10.4 Å². The molecular weight excluding hydrogens is 475 g/mol. The number of rotatable bonds is 4. The maximum absolute atomic E-state index is 14.5. The molecule has 2 aliphatic rings. The van der Waals surface area contributed by atoms with E-state index in [1.165, 1.54) is 34.3 Å². The molecule has 1 saturated heterocycles. The molecule has 1 aromatic carbocycles. The molecule has 0 saturated carbocycles. The fraction of sp³-hybridized carbons (Fsp3) is 0.292. The Balaban J connectivity index is 1.26. The fourth-order valence-electron chi connectivity index (χ4n) is 4.34. The van der Waals surface area contributed by atoms with Gasteiger partial charge in [-0.25, -0.2) is 32.9 Å². The van der Waals surface area contributed by atoms with Crippen LogP contribution >= 0.6 is 0 Å². The van der Waals surface area contributed by atoms with E-state index in [0.717, 1.165) is 12.3 Å². The number of likely N-dealkylation sites (tertiary alicyclic amines) is 1. The van der Waals surface area contributed by atoms with Crippen LogP contribution in [0.25, 0.3) is 5.82 Å². The van der Waals surface area contributed by atoms with E-state index in [0.29, 0.717) is 29.3 Å². The van der Waals surface area contributed by atoms with Crippen molar-refractivity contribution in [2.24, 2.45) is 5.10 Å². The zero-order chi connectivity index (χ0) is 25.6. The summed E-state index contributed by atoms with van der Waals surface area (Å²) in [5, 5.41) is 14.5. The van der Waals surface area contributed by atoms with Crippen molar-refractivity contribution in [3.63, 3.8) is 0 Å². The van der Waals surface area contributed by atoms with Crippen LogP contribution in [0.2, 0.25) is 0 Å². The minimum absolute atomic E-state index is 0.0459. The highest BCUT2D eigenvalue weighted by molar-refractivity contribution is 5.79. The molecule has 12 heteroatoms. The van der Waals surface area contributed by atoms with E-state index < -0.39 is 35.6 Å². The van der Waals surface area contributed by atoms with Crippen LogP contribution in [-0.4, -0.2) is 55.9 Å². The monoisotopic (exact) mass is 495 g/mol. The quantitative estimate of drug-likeness (QED) is 0.549. The van der Waals surface area contributed by atoms with Crippen LogP contribution in [0, 0.1) is 42.6 Å². The maximum atomic E-state index is 14.5. The van der Waals surface area contributed by atoms with Crippen LogP contribution in [0.15, 0.2) is 35.6 Å². The zero-order valence-corrected chi connectivity index (χ0v) is 19.3. The second kappa shape index (κ2) is 8.99. The number of carbonyl (C=O) groups is 1. The molecule has 36 heavy (non-hydrogen) atoms. The molecule has 5 rings (SSSR count). The summed E-state index contributed by atoms with van der Waals surface area (Å²) >= 11 is 0. The zero-order valence-electron chi connectivity index (χ0n) is 19.3. The van der Waals surface area contributed by atoms with Gasteiger partial charge in [-0.3, -0.25) is 4.57 Å². The first-order chi connectivity index (χ1) is 17.2. The van der Waals surface area contributed by atoms with Crippen molar-refractivity contribution in [2.75, 3.05) is 13.1 Å². The number of aromatic nitrogens is 3. The van der Waals surface area contributed by atoms with Gasteiger partial charge in [0, 0.05) is 24.8 Å². The molecule has 0 unspecified atom stereocenters. The highest BCUT2D eigenvalue weighted by Gasteiger charge is 2.39. The van der Waals surface area contributed by atoms with Crippen molar-refractivity contribution >= 4 is 12.2 Å². The number of hydrogen-bond acceptors (Lipinski definition) is 6. The van der Waals surface area contributed by atoms with Gasteiger partial charge >= 0.3 is 6.03 Å². The maximum Gasteiger partial charge on any atom is 0.341 e. The molecule has 184 valence electrons. The number of nitrogens with zero attached hydrogens (tertiary/aromatic N) is 7. The van der Waals surface area contributed by atoms with Crippen molar-refractivity contribution in [1.82, 2.24) is 24.4 Å². The van der Waals surface area contributed by atoms with Gasteiger partial charge in [0.15, 0.2) is 17.3 Å². The number of halogens is 3. The highest BCUT2D eigenvalue weighted by atomic mass is 19.1. The Labute approximate surface area is 204 Å². The largest absolute Gasteiger partial charge is 0.483 e. The molecule has 4 heterocycles. The summed E-state index contributed by atoms with van der Waals surface area (Å²) in [7, 11) is 0. The number of nitriles is 1. The topological polar surface area (TPSA) is 99.6 Å². The van der Waals surface area contributed by atoms with Gasteiger partial charge in [0.2, 0.25) is 0 Å². The third-order valence-electron chi connectivity index (χ3n) is 6.12. The van der Waals surface area contributed by atoms with Crippen molar-refractivity contribution in [3.8, 4) is 17.6 Å². The average Bonchev–Trinajstić information content (AvgIpc) is 3.40. The standard InChI is InChI=1S/C24H20F3N7O2/c1-13-20(9-28)31-14(2)33(13)23-8-22(19(27)10-29-23)36-18-11-32(12-18)24(35)34-21(3-4-30-34)15-5-16(25)7-17(26)6-15/h4-8,10,18,21H,3,11-12H2,1-2H3/t21-/m0/s1. The summed E-state index contributed by atoms with van der Waals surface area (Å²) < 4.78 is 49.2. The van der Waals surface area contributed by atoms with E-state index in [9.17, 15) is 23.2 Å². The van der Waals surface area contributed by atoms with E-state index in [2.05, 4.69) is 15.1 Å². The van der Waals surface area contributed by atoms with Crippen molar-refractivity contribution < 1.29 is 22.7 Å². The SMILES string of the molecule is Cc1nc(C#N)c(C)n1-c1cc(OC2CN(C(=O)N3N=CC[C@H]3c3cc(F)cc(F)c3)C2)c(F)cn1. The summed E-state index contributed by atoms with van der Waals surface area (Å²) in [6.07, 6.45) is 2.40. The number of hydrogen-bond donors (Lipinski definition) is 0. The molecule has 1 fully saturated rings. The summed E-state index contributed by atoms with van der Waals surface area (Å²) in [5.74, 6) is -1.31. The lowest BCUT2D eigenvalue weighted by Gasteiger charge is -2.41. The smallest absolute Gasteiger partial charge is 0.341 e. The van der Waals surface area contributed by atoms with E-state index in [1.807, 2.05) is 6.07 Å². The molecule has 2 aromatic heterocycles. The van der Waals surface area contributed by atoms with Crippen LogP contribution in [0.3, 0.4) is 0 Å². The molecule has 0 bridgehead atoms. The number of benzene rings is 1. The minimum Gasteiger partial charge on any atom is -0.483 e. The first-order valence-electron chi connectivity index (χ1n) is 11.1. The van der Waals surface area contributed by atoms with Gasteiger partial charge in [-0.05, 0) is 31.5 Å². The molecular formula is C24H20F3N7O2. The average molecular weight is 495 g/mol. The Bertz CT molecular complexity index is 1410. The number of aryl methyl sites for hydroxylation is 1. The van der Waals surface area contributed by atoms with E-state index in [1.54, 1.807) is 18.4 Å². The van der Waals surface area contributed by atoms with Crippen molar-refractivity contribution in [1.29, 1.82) is 5.26 Å². The summed E-state index contributed by atoms with van der Waals surface area (Å²) in [6.45, 7) is 3.77. The molecule has 3 aromatic rings. The van der Waals surface area contributed by atoms with E-state index in [-0.39, 0.29) is 24.5 Å². The van der Waals surface area contributed by atoms with Crippen molar-refractivity contribution in [2.45, 2.75) is 32.4 Å². The minimum atomic E-state index is -0.731. The van der Waals surface area contributed by atoms with Crippen LogP contribution in [0.1, 0.15) is 35.2 Å². The van der Waals surface area contributed by atoms with Crippen molar-refractivity contribution in [3.05, 3.63) is 70.7 Å². The van der Waals surface area contributed by atoms with Gasteiger partial charge < -0.3 is 9.64 Å². The lowest BCUT2D eigenvalue weighted by Crippen LogP contribution is -2.58. The Morgan fingerprint density at radius 2 is 1.86 bits per heavy atom. The molecule has 0 aliphatic carbocycles. The first kappa shape index (κ1) is 23.3. The highest BCUT2D eigenvalue weighted by Crippen LogP contribution is 2.32. The number of imidazole rings is 1. The molecule has 9 nitrogen and oxygen atoms in total. The lowest BCUT2D eigenvalue weighted by molar-refractivity contribution is 0.0256. The predicted octanol–water partition coefficient (Wildman–Crippen LogP) is 3.79. The molecule has 0 radical (unpaired) electrons. The summed E-state index contributed by atoms with van der Waals surface area (Å²) in [4.78, 5) is 22.7. The Kier molecular flexibility index (Phi) is 5.83. The Morgan fingerprint density at radius 1 is 1.14 bits per heavy atom. The Morgan fingerprint density at radius 3 is 2.53 bits per heavy atom. The van der Waals surface area contributed by atoms with Gasteiger partial charge in [-0.15, -0.1) is 0 Å². The number of carbonyl (C=O) groups excluding carboxylic acids is 1. The van der Waals surface area contributed by atoms with Crippen LogP contribution in [0.4, 0.5) is 18.0 Å². The van der Waals surface area contributed by atoms with E-state index in [4.69, 9.17) is 4.74 Å². The third kappa shape index (κ3) is 4.13. The van der Waals surface area contributed by atoms with Crippen LogP contribution < -0.4 is 4.74 Å². The number of pyridine rings is 1. The van der Waals surface area contributed by atoms with Crippen LogP contribution in [0.5, 0.6) is 5.75 Å². The number of amides is 2. The second-order valence-electron chi connectivity index (χ2n) is 8.54. The summed E-state index contributed by atoms with van der Waals surface area (Å²) in [6, 6.07) is 5.49. The second-order valence-corrected chi connectivity index (χ2v) is 8.54. The molecule has 2 aliphatic heterocycles. The van der Waals surface area contributed by atoms with Gasteiger partial charge in [0.1, 0.15) is 35.4 Å². The third-order valence-corrected chi connectivity index (χ3v) is 6.12. The number of urea groups is 1. The fourth-order valence-corrected chi connectivity index (χ4v) is 4.34. The van der Waals surface area contributed by atoms with Crippen LogP contribution in [-0.2, 0) is 0 Å². The summed E-state index contributed by atoms with van der Waals surface area (Å²) in [5.41, 5.74) is 1.13. The number of hydrazone groups is 1. The Hall–Kier alpha value is -4.40. The van der Waals surface area contributed by atoms with Gasteiger partial charge in [-0.1, -0.05) is 0 Å². The predicted molar refractivity (Wildman–Crippen MR) is 121 cm³/mol.